The predicted octanol–water partition coefficient (Wildman–Crippen LogP) is 5.02. The molecule has 0 aromatic heterocycles. The number of halogens is 1. The molecule has 0 radical (unpaired) electrons. The SMILES string of the molecule is CCC(N)(CC)C/C=C/C(=O)N(C)[C@H](Cc1ccc2ccccc2c1)C(=O)N(C)[C@H](Cc1ccc(F)cc1)C(=O)NCC(C)(C)CO. The van der Waals surface area contributed by atoms with Gasteiger partial charge < -0.3 is 26.0 Å². The molecule has 3 rings (SSSR count). The topological polar surface area (TPSA) is 116 Å². The van der Waals surface area contributed by atoms with Gasteiger partial charge >= 0.3 is 0 Å². The van der Waals surface area contributed by atoms with Gasteiger partial charge in [0.15, 0.2) is 0 Å². The molecule has 0 aliphatic heterocycles. The number of benzene rings is 3. The molecule has 0 bridgehead atoms. The van der Waals surface area contributed by atoms with Crippen LogP contribution < -0.4 is 11.1 Å². The van der Waals surface area contributed by atoms with Crippen molar-refractivity contribution in [2.24, 2.45) is 11.1 Å². The van der Waals surface area contributed by atoms with Gasteiger partial charge in [0.05, 0.1) is 0 Å². The predicted molar refractivity (Wildman–Crippen MR) is 186 cm³/mol. The summed E-state index contributed by atoms with van der Waals surface area (Å²) in [5.74, 6) is -1.58. The monoisotopic (exact) mass is 646 g/mol. The van der Waals surface area contributed by atoms with Crippen LogP contribution in [0.2, 0.25) is 0 Å². The van der Waals surface area contributed by atoms with Crippen LogP contribution in [-0.4, -0.2) is 77.5 Å². The van der Waals surface area contributed by atoms with Gasteiger partial charge in [0.25, 0.3) is 0 Å². The summed E-state index contributed by atoms with van der Waals surface area (Å²) in [6, 6.07) is 17.8. The Hall–Kier alpha value is -4.08. The summed E-state index contributed by atoms with van der Waals surface area (Å²) >= 11 is 0. The molecule has 4 N–H and O–H groups in total. The molecule has 0 saturated carbocycles. The Morgan fingerprint density at radius 1 is 0.894 bits per heavy atom. The van der Waals surface area contributed by atoms with Crippen molar-refractivity contribution in [2.45, 2.75) is 77.4 Å². The molecule has 0 fully saturated rings. The van der Waals surface area contributed by atoms with E-state index in [2.05, 4.69) is 5.32 Å². The summed E-state index contributed by atoms with van der Waals surface area (Å²) in [6.07, 6.45) is 5.62. The third-order valence-corrected chi connectivity index (χ3v) is 9.17. The number of carbonyl (C=O) groups is 3. The summed E-state index contributed by atoms with van der Waals surface area (Å²) in [5, 5.41) is 14.7. The third kappa shape index (κ3) is 10.5. The second-order valence-electron chi connectivity index (χ2n) is 13.4. The van der Waals surface area contributed by atoms with Gasteiger partial charge in [-0.15, -0.1) is 0 Å². The molecule has 3 amide bonds. The van der Waals surface area contributed by atoms with Gasteiger partial charge in [0, 0.05) is 51.0 Å². The molecule has 47 heavy (non-hydrogen) atoms. The largest absolute Gasteiger partial charge is 0.396 e. The van der Waals surface area contributed by atoms with Crippen LogP contribution in [-0.2, 0) is 27.2 Å². The zero-order chi connectivity index (χ0) is 34.8. The van der Waals surface area contributed by atoms with Crippen LogP contribution in [0.25, 0.3) is 10.8 Å². The molecule has 2 atom stereocenters. The van der Waals surface area contributed by atoms with Gasteiger partial charge in [-0.3, -0.25) is 14.4 Å². The van der Waals surface area contributed by atoms with Crippen molar-refractivity contribution in [3.05, 3.63) is 95.8 Å². The van der Waals surface area contributed by atoms with E-state index in [0.29, 0.717) is 12.0 Å². The average Bonchev–Trinajstić information content (AvgIpc) is 3.08. The second kappa shape index (κ2) is 16.7. The van der Waals surface area contributed by atoms with E-state index in [0.717, 1.165) is 29.2 Å². The lowest BCUT2D eigenvalue weighted by Gasteiger charge is -2.35. The Labute approximate surface area is 278 Å². The number of amides is 3. The van der Waals surface area contributed by atoms with Gasteiger partial charge in [0.2, 0.25) is 17.7 Å². The smallest absolute Gasteiger partial charge is 0.246 e. The van der Waals surface area contributed by atoms with E-state index in [9.17, 15) is 23.9 Å². The quantitative estimate of drug-likeness (QED) is 0.189. The number of hydrogen-bond acceptors (Lipinski definition) is 5. The van der Waals surface area contributed by atoms with E-state index in [1.807, 2.05) is 70.2 Å². The number of likely N-dealkylation sites (N-methyl/N-ethyl adjacent to an activating group) is 2. The van der Waals surface area contributed by atoms with Crippen molar-refractivity contribution in [3.8, 4) is 0 Å². The van der Waals surface area contributed by atoms with Crippen molar-refractivity contribution in [1.82, 2.24) is 15.1 Å². The maximum atomic E-state index is 14.4. The van der Waals surface area contributed by atoms with Crippen molar-refractivity contribution >= 4 is 28.5 Å². The fourth-order valence-corrected chi connectivity index (χ4v) is 5.32. The van der Waals surface area contributed by atoms with Gasteiger partial charge in [-0.2, -0.15) is 0 Å². The van der Waals surface area contributed by atoms with Gasteiger partial charge in [-0.05, 0) is 59.4 Å². The number of aliphatic hydroxyl groups is 1. The number of carbonyl (C=O) groups excluding carboxylic acids is 3. The summed E-state index contributed by atoms with van der Waals surface area (Å²) in [6.45, 7) is 7.72. The zero-order valence-electron chi connectivity index (χ0n) is 28.6. The molecule has 3 aromatic carbocycles. The first-order valence-electron chi connectivity index (χ1n) is 16.3. The lowest BCUT2D eigenvalue weighted by molar-refractivity contribution is -0.146. The molecule has 3 aromatic rings. The van der Waals surface area contributed by atoms with E-state index in [4.69, 9.17) is 5.73 Å². The van der Waals surface area contributed by atoms with Crippen molar-refractivity contribution in [1.29, 1.82) is 0 Å². The molecule has 0 spiro atoms. The summed E-state index contributed by atoms with van der Waals surface area (Å²) in [5.41, 5.74) is 6.98. The van der Waals surface area contributed by atoms with Crippen LogP contribution in [0, 0.1) is 11.2 Å². The lowest BCUT2D eigenvalue weighted by atomic mass is 9.90. The van der Waals surface area contributed by atoms with Crippen LogP contribution >= 0.6 is 0 Å². The number of aliphatic hydroxyl groups excluding tert-OH is 1. The Morgan fingerprint density at radius 2 is 1.49 bits per heavy atom. The van der Waals surface area contributed by atoms with Crippen molar-refractivity contribution in [3.63, 3.8) is 0 Å². The summed E-state index contributed by atoms with van der Waals surface area (Å²) < 4.78 is 13.7. The standard InChI is InChI=1S/C38H51FN4O4/c1-7-38(40,8-2)21-11-14-34(45)42(5)33(24-28-15-18-29-12-9-10-13-30(29)22-28)36(47)43(6)32(23-27-16-19-31(39)20-17-27)35(46)41-25-37(3,4)26-44/h9-20,22,32-33,44H,7-8,21,23-26,40H2,1-6H3,(H,41,46)/b14-11+/t32-,33-/m1/s1. The van der Waals surface area contributed by atoms with Crippen LogP contribution in [0.5, 0.6) is 0 Å². The highest BCUT2D eigenvalue weighted by Crippen LogP contribution is 2.21. The molecule has 254 valence electrons. The van der Waals surface area contributed by atoms with E-state index in [-0.39, 0.29) is 31.9 Å². The fraction of sp³-hybridized carbons (Fsp3) is 0.447. The maximum absolute atomic E-state index is 14.4. The number of nitrogens with two attached hydrogens (primary N) is 1. The van der Waals surface area contributed by atoms with E-state index < -0.39 is 40.7 Å². The number of fused-ring (bicyclic) bond motifs is 1. The van der Waals surface area contributed by atoms with Gasteiger partial charge in [-0.1, -0.05) is 88.4 Å². The highest BCUT2D eigenvalue weighted by molar-refractivity contribution is 5.95. The Kier molecular flexibility index (Phi) is 13.2. The minimum absolute atomic E-state index is 0.126. The highest BCUT2D eigenvalue weighted by Gasteiger charge is 2.35. The normalized spacial score (nSPS) is 13.4. The Morgan fingerprint density at radius 3 is 2.11 bits per heavy atom. The molecular formula is C38H51FN4O4. The van der Waals surface area contributed by atoms with E-state index in [1.165, 1.54) is 28.0 Å². The fourth-order valence-electron chi connectivity index (χ4n) is 5.32. The Balaban J connectivity index is 1.97. The maximum Gasteiger partial charge on any atom is 0.246 e. The first kappa shape index (κ1) is 37.4. The van der Waals surface area contributed by atoms with Crippen LogP contribution in [0.1, 0.15) is 58.1 Å². The number of hydrogen-bond donors (Lipinski definition) is 3. The van der Waals surface area contributed by atoms with E-state index in [1.54, 1.807) is 32.3 Å². The number of nitrogens with zero attached hydrogens (tertiary/aromatic N) is 2. The van der Waals surface area contributed by atoms with Gasteiger partial charge in [0.1, 0.15) is 17.9 Å². The first-order chi connectivity index (χ1) is 22.2. The first-order valence-corrected chi connectivity index (χ1v) is 16.3. The molecule has 8 nitrogen and oxygen atoms in total. The van der Waals surface area contributed by atoms with Crippen LogP contribution in [0.4, 0.5) is 4.39 Å². The molecular weight excluding hydrogens is 595 g/mol. The summed E-state index contributed by atoms with van der Waals surface area (Å²) in [4.78, 5) is 44.5. The van der Waals surface area contributed by atoms with Crippen molar-refractivity contribution in [2.75, 3.05) is 27.2 Å². The number of nitrogens with one attached hydrogen (secondary N) is 1. The molecule has 0 unspecified atom stereocenters. The minimum atomic E-state index is -0.965. The molecule has 0 saturated heterocycles. The molecule has 9 heteroatoms. The molecule has 0 aliphatic carbocycles. The number of rotatable bonds is 16. The molecule has 0 aliphatic rings. The Bertz CT molecular complexity index is 1530. The summed E-state index contributed by atoms with van der Waals surface area (Å²) in [7, 11) is 3.15. The average molecular weight is 647 g/mol. The van der Waals surface area contributed by atoms with Gasteiger partial charge in [-0.25, -0.2) is 4.39 Å². The minimum Gasteiger partial charge on any atom is -0.396 e. The third-order valence-electron chi connectivity index (χ3n) is 9.17. The molecule has 0 heterocycles. The lowest BCUT2D eigenvalue weighted by Crippen LogP contribution is -2.56. The van der Waals surface area contributed by atoms with Crippen LogP contribution in [0.15, 0.2) is 78.9 Å². The van der Waals surface area contributed by atoms with E-state index >= 15 is 0 Å². The highest BCUT2D eigenvalue weighted by atomic mass is 19.1. The second-order valence-corrected chi connectivity index (χ2v) is 13.4. The van der Waals surface area contributed by atoms with Crippen LogP contribution in [0.3, 0.4) is 0 Å². The van der Waals surface area contributed by atoms with Crippen molar-refractivity contribution < 1.29 is 23.9 Å². The zero-order valence-corrected chi connectivity index (χ0v) is 28.6.